The summed E-state index contributed by atoms with van der Waals surface area (Å²) in [7, 11) is 0. The maximum absolute atomic E-state index is 12.9. The summed E-state index contributed by atoms with van der Waals surface area (Å²) in [6.45, 7) is 5.84. The predicted octanol–water partition coefficient (Wildman–Crippen LogP) is 3.85. The number of aromatic nitrogens is 3. The monoisotopic (exact) mass is 441 g/mol. The Hall–Kier alpha value is -3.87. The number of ether oxygens (including phenoxy) is 1. The zero-order chi connectivity index (χ0) is 22.6. The normalized spacial score (nSPS) is 14.0. The Morgan fingerprint density at radius 2 is 1.70 bits per heavy atom. The van der Waals surface area contributed by atoms with Crippen LogP contribution in [0.25, 0.3) is 22.2 Å². The number of para-hydroxylation sites is 1. The highest BCUT2D eigenvalue weighted by Crippen LogP contribution is 2.22. The Morgan fingerprint density at radius 1 is 0.909 bits per heavy atom. The van der Waals surface area contributed by atoms with Crippen LogP contribution in [0.15, 0.2) is 72.9 Å². The second kappa shape index (κ2) is 9.32. The van der Waals surface area contributed by atoms with Crippen molar-refractivity contribution in [1.29, 1.82) is 0 Å². The second-order valence-electron chi connectivity index (χ2n) is 8.10. The van der Waals surface area contributed by atoms with Crippen molar-refractivity contribution in [3.05, 3.63) is 72.9 Å². The number of nitrogens with zero attached hydrogens (tertiary/aromatic N) is 5. The van der Waals surface area contributed by atoms with E-state index < -0.39 is 0 Å². The predicted molar refractivity (Wildman–Crippen MR) is 129 cm³/mol. The van der Waals surface area contributed by atoms with E-state index in [4.69, 9.17) is 4.74 Å². The van der Waals surface area contributed by atoms with Gasteiger partial charge in [-0.2, -0.15) is 0 Å². The summed E-state index contributed by atoms with van der Waals surface area (Å²) in [5.41, 5.74) is 2.92. The average Bonchev–Trinajstić information content (AvgIpc) is 3.28. The molecule has 1 amide bonds. The molecule has 7 heteroatoms. The van der Waals surface area contributed by atoms with Gasteiger partial charge in [-0.05, 0) is 60.8 Å². The van der Waals surface area contributed by atoms with E-state index in [-0.39, 0.29) is 5.91 Å². The van der Waals surface area contributed by atoms with E-state index >= 15 is 0 Å². The lowest BCUT2D eigenvalue weighted by atomic mass is 10.1. The molecule has 0 N–H and O–H groups in total. The lowest BCUT2D eigenvalue weighted by Crippen LogP contribution is -2.49. The minimum absolute atomic E-state index is 0.146. The van der Waals surface area contributed by atoms with Crippen LogP contribution >= 0.6 is 0 Å². The molecule has 3 heterocycles. The molecule has 2 aromatic carbocycles. The van der Waals surface area contributed by atoms with Crippen LogP contribution in [0.3, 0.4) is 0 Å². The van der Waals surface area contributed by atoms with E-state index in [0.29, 0.717) is 26.2 Å². The molecule has 7 nitrogen and oxygen atoms in total. The number of carbonyl (C=O) groups excluding carboxylic acids is 1. The molecule has 0 radical (unpaired) electrons. The van der Waals surface area contributed by atoms with Gasteiger partial charge < -0.3 is 19.1 Å². The molecule has 2 aromatic heterocycles. The van der Waals surface area contributed by atoms with Crippen LogP contribution in [0.5, 0.6) is 5.75 Å². The van der Waals surface area contributed by atoms with Gasteiger partial charge in [0.05, 0.1) is 12.3 Å². The summed E-state index contributed by atoms with van der Waals surface area (Å²) in [5, 5.41) is 10.0. The lowest BCUT2D eigenvalue weighted by molar-refractivity contribution is -0.132. The van der Waals surface area contributed by atoms with Crippen molar-refractivity contribution in [2.24, 2.45) is 0 Å². The summed E-state index contributed by atoms with van der Waals surface area (Å²) >= 11 is 0. The summed E-state index contributed by atoms with van der Waals surface area (Å²) in [6.07, 6.45) is 1.99. The molecule has 0 aliphatic carbocycles. The highest BCUT2D eigenvalue weighted by atomic mass is 16.5. The second-order valence-corrected chi connectivity index (χ2v) is 8.10. The summed E-state index contributed by atoms with van der Waals surface area (Å²) in [4.78, 5) is 17.0. The number of carbonyl (C=O) groups is 1. The van der Waals surface area contributed by atoms with Gasteiger partial charge in [-0.15, -0.1) is 10.2 Å². The lowest BCUT2D eigenvalue weighted by Gasteiger charge is -2.35. The SMILES string of the molecule is CCOc1ccc(-c2ccc(N3CCN(C(=O)Cn4ccc5ccccc54)CC3)nn2)cc1. The Kier molecular flexibility index (Phi) is 5.93. The van der Waals surface area contributed by atoms with Crippen molar-refractivity contribution in [3.63, 3.8) is 0 Å². The van der Waals surface area contributed by atoms with Gasteiger partial charge in [0.15, 0.2) is 5.82 Å². The van der Waals surface area contributed by atoms with Crippen LogP contribution in [-0.2, 0) is 11.3 Å². The number of hydrogen-bond donors (Lipinski definition) is 0. The topological polar surface area (TPSA) is 63.5 Å². The van der Waals surface area contributed by atoms with Gasteiger partial charge in [-0.25, -0.2) is 0 Å². The Balaban J connectivity index is 1.18. The zero-order valence-electron chi connectivity index (χ0n) is 18.7. The third-order valence-electron chi connectivity index (χ3n) is 6.05. The molecule has 1 fully saturated rings. The summed E-state index contributed by atoms with van der Waals surface area (Å²) < 4.78 is 7.52. The summed E-state index contributed by atoms with van der Waals surface area (Å²) in [5.74, 6) is 1.84. The van der Waals surface area contributed by atoms with Crippen molar-refractivity contribution in [3.8, 4) is 17.0 Å². The average molecular weight is 442 g/mol. The third-order valence-corrected chi connectivity index (χ3v) is 6.05. The van der Waals surface area contributed by atoms with Gasteiger partial charge in [-0.1, -0.05) is 18.2 Å². The van der Waals surface area contributed by atoms with Crippen molar-refractivity contribution >= 4 is 22.6 Å². The first kappa shape index (κ1) is 21.0. The molecule has 0 atom stereocenters. The number of amides is 1. The molecule has 1 aliphatic heterocycles. The Labute approximate surface area is 193 Å². The van der Waals surface area contributed by atoms with Gasteiger partial charge in [-0.3, -0.25) is 4.79 Å². The molecular weight excluding hydrogens is 414 g/mol. The molecule has 33 heavy (non-hydrogen) atoms. The fourth-order valence-corrected chi connectivity index (χ4v) is 4.25. The molecule has 168 valence electrons. The van der Waals surface area contributed by atoms with Gasteiger partial charge in [0, 0.05) is 43.5 Å². The Morgan fingerprint density at radius 3 is 2.42 bits per heavy atom. The fraction of sp³-hybridized carbons (Fsp3) is 0.269. The number of rotatable bonds is 6. The van der Waals surface area contributed by atoms with Crippen molar-refractivity contribution in [1.82, 2.24) is 19.7 Å². The quantitative estimate of drug-likeness (QED) is 0.455. The maximum Gasteiger partial charge on any atom is 0.242 e. The highest BCUT2D eigenvalue weighted by Gasteiger charge is 2.22. The third kappa shape index (κ3) is 4.53. The fourth-order valence-electron chi connectivity index (χ4n) is 4.25. The number of fused-ring (bicyclic) bond motifs is 1. The van der Waals surface area contributed by atoms with E-state index in [1.54, 1.807) is 0 Å². The highest BCUT2D eigenvalue weighted by molar-refractivity contribution is 5.83. The van der Waals surface area contributed by atoms with E-state index in [9.17, 15) is 4.79 Å². The van der Waals surface area contributed by atoms with E-state index in [1.165, 1.54) is 0 Å². The largest absolute Gasteiger partial charge is 0.494 e. The number of benzene rings is 2. The molecule has 0 bridgehead atoms. The number of anilines is 1. The first-order valence-corrected chi connectivity index (χ1v) is 11.3. The molecule has 0 saturated carbocycles. The van der Waals surface area contributed by atoms with Crippen molar-refractivity contribution < 1.29 is 9.53 Å². The molecule has 0 unspecified atom stereocenters. The van der Waals surface area contributed by atoms with Crippen LogP contribution in [-0.4, -0.2) is 58.4 Å². The first-order chi connectivity index (χ1) is 16.2. The summed E-state index contributed by atoms with van der Waals surface area (Å²) in [6, 6.07) is 22.1. The standard InChI is InChI=1S/C26H27N5O2/c1-2-33-22-9-7-20(8-10-22)23-11-12-25(28-27-23)29-15-17-30(18-16-29)26(32)19-31-14-13-21-5-3-4-6-24(21)31/h3-14H,2,15-19H2,1H3. The zero-order valence-corrected chi connectivity index (χ0v) is 18.7. The van der Waals surface area contributed by atoms with Crippen LogP contribution in [0.4, 0.5) is 5.82 Å². The molecular formula is C26H27N5O2. The van der Waals surface area contributed by atoms with Crippen molar-refractivity contribution in [2.75, 3.05) is 37.7 Å². The van der Waals surface area contributed by atoms with E-state index in [1.807, 2.05) is 71.1 Å². The molecule has 5 rings (SSSR count). The van der Waals surface area contributed by atoms with Gasteiger partial charge in [0.1, 0.15) is 12.3 Å². The van der Waals surface area contributed by atoms with Crippen molar-refractivity contribution in [2.45, 2.75) is 13.5 Å². The first-order valence-electron chi connectivity index (χ1n) is 11.3. The van der Waals surface area contributed by atoms with E-state index in [2.05, 4.69) is 33.3 Å². The van der Waals surface area contributed by atoms with Gasteiger partial charge in [0.25, 0.3) is 0 Å². The molecule has 1 saturated heterocycles. The van der Waals surface area contributed by atoms with E-state index in [0.717, 1.165) is 46.8 Å². The maximum atomic E-state index is 12.9. The minimum Gasteiger partial charge on any atom is -0.494 e. The minimum atomic E-state index is 0.146. The van der Waals surface area contributed by atoms with Crippen LogP contribution in [0, 0.1) is 0 Å². The Bertz CT molecular complexity index is 1230. The van der Waals surface area contributed by atoms with Crippen LogP contribution in [0.1, 0.15) is 6.92 Å². The van der Waals surface area contributed by atoms with Gasteiger partial charge in [0.2, 0.25) is 5.91 Å². The number of piperazine rings is 1. The van der Waals surface area contributed by atoms with Crippen LogP contribution < -0.4 is 9.64 Å². The smallest absolute Gasteiger partial charge is 0.242 e. The van der Waals surface area contributed by atoms with Gasteiger partial charge >= 0.3 is 0 Å². The molecule has 1 aliphatic rings. The van der Waals surface area contributed by atoms with Crippen LogP contribution in [0.2, 0.25) is 0 Å². The number of hydrogen-bond acceptors (Lipinski definition) is 5. The molecule has 4 aromatic rings. The molecule has 0 spiro atoms.